The van der Waals surface area contributed by atoms with E-state index in [9.17, 15) is 14.7 Å². The average Bonchev–Trinajstić information content (AvgIpc) is 2.72. The maximum atomic E-state index is 11.8. The molecular formula is C32H53NO5. The molecule has 0 aromatic heterocycles. The number of ether oxygens (including phenoxy) is 1. The molecule has 1 fully saturated rings. The summed E-state index contributed by atoms with van der Waals surface area (Å²) in [5, 5.41) is 20.1. The monoisotopic (exact) mass is 531 g/mol. The summed E-state index contributed by atoms with van der Waals surface area (Å²) in [7, 11) is 2.22. The molecule has 1 aliphatic heterocycles. The number of carbonyl (C=O) groups excluding carboxylic acids is 1. The van der Waals surface area contributed by atoms with E-state index in [4.69, 9.17) is 9.84 Å². The van der Waals surface area contributed by atoms with E-state index < -0.39 is 18.4 Å². The van der Waals surface area contributed by atoms with E-state index in [1.165, 1.54) is 5.56 Å². The lowest BCUT2D eigenvalue weighted by molar-refractivity contribution is -0.151. The van der Waals surface area contributed by atoms with Crippen molar-refractivity contribution in [2.45, 2.75) is 130 Å². The first-order chi connectivity index (χ1) is 17.1. The number of carboxylic acids is 1. The van der Waals surface area contributed by atoms with Crippen molar-refractivity contribution in [3.8, 4) is 5.75 Å². The van der Waals surface area contributed by atoms with Gasteiger partial charge in [0.15, 0.2) is 0 Å². The number of esters is 1. The maximum Gasteiger partial charge on any atom is 0.317 e. The lowest BCUT2D eigenvalue weighted by Crippen LogP contribution is -2.59. The van der Waals surface area contributed by atoms with Crippen molar-refractivity contribution < 1.29 is 24.5 Å². The van der Waals surface area contributed by atoms with Gasteiger partial charge in [0.2, 0.25) is 0 Å². The predicted molar refractivity (Wildman–Crippen MR) is 154 cm³/mol. The van der Waals surface area contributed by atoms with Crippen LogP contribution in [-0.2, 0) is 31.6 Å². The van der Waals surface area contributed by atoms with Crippen LogP contribution in [0.3, 0.4) is 0 Å². The molecule has 1 saturated heterocycles. The van der Waals surface area contributed by atoms with Gasteiger partial charge in [-0.15, -0.1) is 0 Å². The number of aromatic hydroxyl groups is 1. The fourth-order valence-electron chi connectivity index (χ4n) is 6.25. The van der Waals surface area contributed by atoms with Crippen molar-refractivity contribution in [2.24, 2.45) is 11.8 Å². The van der Waals surface area contributed by atoms with Crippen LogP contribution in [0, 0.1) is 11.8 Å². The van der Waals surface area contributed by atoms with Crippen molar-refractivity contribution in [3.63, 3.8) is 0 Å². The van der Waals surface area contributed by atoms with Crippen LogP contribution >= 0.6 is 0 Å². The second-order valence-corrected chi connectivity index (χ2v) is 14.8. The van der Waals surface area contributed by atoms with Crippen LogP contribution in [0.4, 0.5) is 0 Å². The third kappa shape index (κ3) is 8.21. The van der Waals surface area contributed by atoms with Crippen molar-refractivity contribution in [3.05, 3.63) is 28.8 Å². The molecule has 0 radical (unpaired) electrons. The number of likely N-dealkylation sites (tertiary alicyclic amines) is 1. The minimum absolute atomic E-state index is 0.0563. The molecule has 0 spiro atoms. The van der Waals surface area contributed by atoms with Crippen LogP contribution in [0.5, 0.6) is 5.75 Å². The van der Waals surface area contributed by atoms with Gasteiger partial charge in [-0.3, -0.25) is 14.5 Å². The van der Waals surface area contributed by atoms with Crippen LogP contribution in [0.15, 0.2) is 12.1 Å². The molecule has 1 unspecified atom stereocenters. The number of carboxylic acid groups (broad SMARTS) is 1. The molecule has 1 aliphatic rings. The van der Waals surface area contributed by atoms with E-state index in [1.807, 2.05) is 0 Å². The van der Waals surface area contributed by atoms with Crippen molar-refractivity contribution in [1.82, 2.24) is 4.90 Å². The molecule has 0 bridgehead atoms. The number of hydrogen-bond donors (Lipinski definition) is 2. The van der Waals surface area contributed by atoms with Gasteiger partial charge in [-0.1, -0.05) is 53.7 Å². The minimum Gasteiger partial charge on any atom is -0.507 e. The summed E-state index contributed by atoms with van der Waals surface area (Å²) in [5.74, 6) is -0.599. The quantitative estimate of drug-likeness (QED) is 0.206. The Labute approximate surface area is 231 Å². The van der Waals surface area contributed by atoms with E-state index in [-0.39, 0.29) is 28.5 Å². The zero-order chi connectivity index (χ0) is 29.3. The standard InChI is InChI=1S/C32H53NO5/c1-29(2,3)24-16-21(17-25(28(24)37)30(4,5)6)15-22(13-12-14-38-27(36)18-26(34)35)23-19-31(7,8)33(11)32(9,10)20-23/h16-17,22-23,37H,12-15,18-20H2,1-11H3,(H,34,35). The fourth-order valence-corrected chi connectivity index (χ4v) is 6.25. The van der Waals surface area contributed by atoms with Crippen LogP contribution in [0.1, 0.15) is 118 Å². The Bertz CT molecular complexity index is 943. The van der Waals surface area contributed by atoms with Gasteiger partial charge in [-0.05, 0) is 106 Å². The number of hydrogen-bond acceptors (Lipinski definition) is 5. The van der Waals surface area contributed by atoms with Crippen LogP contribution in [-0.4, -0.2) is 51.8 Å². The second kappa shape index (κ2) is 11.6. The molecule has 2 N–H and O–H groups in total. The highest BCUT2D eigenvalue weighted by Crippen LogP contribution is 2.46. The zero-order valence-electron chi connectivity index (χ0n) is 25.8. The Hall–Kier alpha value is -2.08. The van der Waals surface area contributed by atoms with E-state index in [0.29, 0.717) is 24.0 Å². The maximum absolute atomic E-state index is 11.8. The number of phenolic OH excluding ortho intramolecular Hbond substituents is 1. The summed E-state index contributed by atoms with van der Waals surface area (Å²) in [5.41, 5.74) is 2.92. The van der Waals surface area contributed by atoms with Crippen molar-refractivity contribution >= 4 is 11.9 Å². The largest absolute Gasteiger partial charge is 0.507 e. The smallest absolute Gasteiger partial charge is 0.317 e. The first kappa shape index (κ1) is 32.1. The number of aliphatic carboxylic acids is 1. The molecule has 1 atom stereocenters. The summed E-state index contributed by atoms with van der Waals surface area (Å²) < 4.78 is 5.22. The van der Waals surface area contributed by atoms with Gasteiger partial charge in [-0.2, -0.15) is 0 Å². The number of nitrogens with zero attached hydrogens (tertiary/aromatic N) is 1. The van der Waals surface area contributed by atoms with Crippen LogP contribution in [0.2, 0.25) is 0 Å². The summed E-state index contributed by atoms with van der Waals surface area (Å²) in [4.78, 5) is 25.1. The predicted octanol–water partition coefficient (Wildman–Crippen LogP) is 6.84. The molecule has 1 heterocycles. The zero-order valence-corrected chi connectivity index (χ0v) is 25.8. The van der Waals surface area contributed by atoms with Gasteiger partial charge in [0, 0.05) is 11.1 Å². The molecule has 0 aliphatic carbocycles. The fraction of sp³-hybridized carbons (Fsp3) is 0.750. The highest BCUT2D eigenvalue weighted by Gasteiger charge is 2.45. The molecule has 2 rings (SSSR count). The first-order valence-corrected chi connectivity index (χ1v) is 14.1. The Morgan fingerprint density at radius 1 is 1.00 bits per heavy atom. The van der Waals surface area contributed by atoms with Gasteiger partial charge in [0.1, 0.15) is 12.2 Å². The molecule has 1 aromatic carbocycles. The average molecular weight is 532 g/mol. The summed E-state index contributed by atoms with van der Waals surface area (Å²) in [6, 6.07) is 4.38. The second-order valence-electron chi connectivity index (χ2n) is 14.8. The Morgan fingerprint density at radius 2 is 1.47 bits per heavy atom. The molecule has 0 saturated carbocycles. The number of piperidine rings is 1. The SMILES string of the molecule is CN1C(C)(C)CC(C(CCCOC(=O)CC(=O)O)Cc2cc(C(C)(C)C)c(O)c(C(C)(C)C)c2)CC1(C)C. The van der Waals surface area contributed by atoms with Gasteiger partial charge in [-0.25, -0.2) is 0 Å². The Morgan fingerprint density at radius 3 is 1.89 bits per heavy atom. The van der Waals surface area contributed by atoms with Gasteiger partial charge in [0.05, 0.1) is 6.61 Å². The van der Waals surface area contributed by atoms with E-state index in [2.05, 4.69) is 93.3 Å². The third-order valence-corrected chi connectivity index (χ3v) is 8.57. The van der Waals surface area contributed by atoms with Crippen molar-refractivity contribution in [1.29, 1.82) is 0 Å². The molecule has 6 heteroatoms. The number of benzene rings is 1. The normalized spacial score (nSPS) is 19.2. The van der Waals surface area contributed by atoms with Gasteiger partial charge in [0.25, 0.3) is 0 Å². The third-order valence-electron chi connectivity index (χ3n) is 8.57. The number of rotatable bonds is 9. The van der Waals surface area contributed by atoms with Gasteiger partial charge < -0.3 is 14.9 Å². The van der Waals surface area contributed by atoms with Crippen LogP contribution in [0.25, 0.3) is 0 Å². The number of carbonyl (C=O) groups is 2. The summed E-state index contributed by atoms with van der Waals surface area (Å²) in [6.07, 6.45) is 4.02. The summed E-state index contributed by atoms with van der Waals surface area (Å²) in [6.45, 7) is 22.4. The highest BCUT2D eigenvalue weighted by atomic mass is 16.5. The molecule has 38 heavy (non-hydrogen) atoms. The molecule has 6 nitrogen and oxygen atoms in total. The van der Waals surface area contributed by atoms with E-state index in [1.54, 1.807) is 0 Å². The Kier molecular flexibility index (Phi) is 9.79. The van der Waals surface area contributed by atoms with Gasteiger partial charge >= 0.3 is 11.9 Å². The molecular weight excluding hydrogens is 478 g/mol. The minimum atomic E-state index is -1.17. The van der Waals surface area contributed by atoms with E-state index >= 15 is 0 Å². The molecule has 1 aromatic rings. The molecule has 216 valence electrons. The lowest BCUT2D eigenvalue weighted by Gasteiger charge is -2.55. The van der Waals surface area contributed by atoms with E-state index in [0.717, 1.165) is 36.8 Å². The Balaban J connectivity index is 2.41. The highest BCUT2D eigenvalue weighted by molar-refractivity contribution is 5.90. The van der Waals surface area contributed by atoms with Crippen molar-refractivity contribution in [2.75, 3.05) is 13.7 Å². The first-order valence-electron chi connectivity index (χ1n) is 14.1. The lowest BCUT2D eigenvalue weighted by atomic mass is 9.67. The van der Waals surface area contributed by atoms with Crippen LogP contribution < -0.4 is 0 Å². The number of phenols is 1. The topological polar surface area (TPSA) is 87.1 Å². The molecule has 0 amide bonds. The summed E-state index contributed by atoms with van der Waals surface area (Å²) >= 11 is 0.